The van der Waals surface area contributed by atoms with Gasteiger partial charge in [0.25, 0.3) is 11.8 Å². The van der Waals surface area contributed by atoms with Gasteiger partial charge < -0.3 is 5.32 Å². The van der Waals surface area contributed by atoms with E-state index in [0.29, 0.717) is 11.5 Å². The number of carbonyl (C=O) groups is 1. The van der Waals surface area contributed by atoms with Crippen molar-refractivity contribution in [2.45, 2.75) is 18.9 Å². The van der Waals surface area contributed by atoms with Crippen LogP contribution in [0.25, 0.3) is 11.1 Å². The van der Waals surface area contributed by atoms with Gasteiger partial charge >= 0.3 is 0 Å². The van der Waals surface area contributed by atoms with Crippen LogP contribution in [0.4, 0.5) is 14.6 Å². The summed E-state index contributed by atoms with van der Waals surface area (Å²) in [5.41, 5.74) is 2.19. The van der Waals surface area contributed by atoms with Crippen molar-refractivity contribution in [2.24, 2.45) is 0 Å². The van der Waals surface area contributed by atoms with E-state index in [0.717, 1.165) is 11.1 Å². The van der Waals surface area contributed by atoms with Crippen LogP contribution in [-0.2, 0) is 13.0 Å². The van der Waals surface area contributed by atoms with Crippen molar-refractivity contribution in [1.82, 2.24) is 19.7 Å². The zero-order valence-electron chi connectivity index (χ0n) is 13.0. The van der Waals surface area contributed by atoms with Crippen LogP contribution in [-0.4, -0.2) is 31.6 Å². The van der Waals surface area contributed by atoms with E-state index in [-0.39, 0.29) is 5.69 Å². The predicted molar refractivity (Wildman–Crippen MR) is 86.3 cm³/mol. The Morgan fingerprint density at radius 1 is 1.20 bits per heavy atom. The SMILES string of the molecule is O=C(Nc1cc(-c2cccnc2)ccn1)c1cc2n(n1)CC(F)(F)C2. The first-order valence-electron chi connectivity index (χ1n) is 7.63. The van der Waals surface area contributed by atoms with E-state index in [1.54, 1.807) is 30.7 Å². The molecule has 6 nitrogen and oxygen atoms in total. The zero-order valence-corrected chi connectivity index (χ0v) is 13.0. The molecule has 0 fully saturated rings. The number of halogens is 2. The minimum atomic E-state index is -2.79. The number of hydrogen-bond acceptors (Lipinski definition) is 4. The average molecular weight is 341 g/mol. The minimum Gasteiger partial charge on any atom is -0.305 e. The average Bonchev–Trinajstić information content (AvgIpc) is 3.09. The van der Waals surface area contributed by atoms with Gasteiger partial charge in [-0.3, -0.25) is 14.5 Å². The smallest absolute Gasteiger partial charge is 0.277 e. The first-order chi connectivity index (χ1) is 12.0. The molecule has 1 amide bonds. The van der Waals surface area contributed by atoms with E-state index in [1.807, 2.05) is 12.1 Å². The number of aromatic nitrogens is 4. The fraction of sp³-hybridized carbons (Fsp3) is 0.176. The van der Waals surface area contributed by atoms with Crippen LogP contribution in [0.2, 0.25) is 0 Å². The highest BCUT2D eigenvalue weighted by molar-refractivity contribution is 6.02. The molecule has 0 aromatic carbocycles. The molecule has 126 valence electrons. The third-order valence-corrected chi connectivity index (χ3v) is 3.91. The molecule has 0 bridgehead atoms. The quantitative estimate of drug-likeness (QED) is 0.795. The summed E-state index contributed by atoms with van der Waals surface area (Å²) in [7, 11) is 0. The topological polar surface area (TPSA) is 72.7 Å². The summed E-state index contributed by atoms with van der Waals surface area (Å²) in [4.78, 5) is 20.5. The van der Waals surface area contributed by atoms with Crippen molar-refractivity contribution in [1.29, 1.82) is 0 Å². The molecule has 1 aliphatic heterocycles. The van der Waals surface area contributed by atoms with Crippen LogP contribution in [0.3, 0.4) is 0 Å². The summed E-state index contributed by atoms with van der Waals surface area (Å²) in [5.74, 6) is -2.93. The van der Waals surface area contributed by atoms with Gasteiger partial charge in [0.15, 0.2) is 5.69 Å². The lowest BCUT2D eigenvalue weighted by atomic mass is 10.1. The summed E-state index contributed by atoms with van der Waals surface area (Å²) in [5, 5.41) is 6.59. The fourth-order valence-corrected chi connectivity index (χ4v) is 2.78. The number of rotatable bonds is 3. The lowest BCUT2D eigenvalue weighted by Gasteiger charge is -2.07. The number of nitrogens with zero attached hydrogens (tertiary/aromatic N) is 4. The Hall–Kier alpha value is -3.16. The number of nitrogens with one attached hydrogen (secondary N) is 1. The first kappa shape index (κ1) is 15.4. The Bertz CT molecular complexity index is 914. The molecular formula is C17H13F2N5O. The Morgan fingerprint density at radius 3 is 2.84 bits per heavy atom. The van der Waals surface area contributed by atoms with Gasteiger partial charge in [-0.1, -0.05) is 6.07 Å². The second-order valence-electron chi connectivity index (χ2n) is 5.84. The fourth-order valence-electron chi connectivity index (χ4n) is 2.78. The van der Waals surface area contributed by atoms with Crippen molar-refractivity contribution in [2.75, 3.05) is 5.32 Å². The van der Waals surface area contributed by atoms with Crippen molar-refractivity contribution in [3.05, 3.63) is 60.3 Å². The van der Waals surface area contributed by atoms with Crippen LogP contribution in [0.15, 0.2) is 48.9 Å². The number of carbonyl (C=O) groups excluding carboxylic acids is 1. The van der Waals surface area contributed by atoms with Crippen LogP contribution in [0, 0.1) is 0 Å². The Kier molecular flexibility index (Phi) is 3.52. The molecule has 0 spiro atoms. The minimum absolute atomic E-state index is 0.0964. The largest absolute Gasteiger partial charge is 0.305 e. The molecule has 0 atom stereocenters. The highest BCUT2D eigenvalue weighted by Gasteiger charge is 2.39. The molecule has 0 aliphatic carbocycles. The summed E-state index contributed by atoms with van der Waals surface area (Å²) >= 11 is 0. The van der Waals surface area contributed by atoms with Crippen molar-refractivity contribution in [3.63, 3.8) is 0 Å². The molecule has 3 aromatic heterocycles. The maximum Gasteiger partial charge on any atom is 0.277 e. The first-order valence-corrected chi connectivity index (χ1v) is 7.63. The highest BCUT2D eigenvalue weighted by atomic mass is 19.3. The van der Waals surface area contributed by atoms with Crippen molar-refractivity contribution < 1.29 is 13.6 Å². The van der Waals surface area contributed by atoms with Crippen LogP contribution in [0.5, 0.6) is 0 Å². The monoisotopic (exact) mass is 341 g/mol. The Labute approximate surface area is 141 Å². The maximum atomic E-state index is 13.3. The third-order valence-electron chi connectivity index (χ3n) is 3.91. The number of pyridine rings is 2. The van der Waals surface area contributed by atoms with E-state index in [9.17, 15) is 13.6 Å². The molecule has 25 heavy (non-hydrogen) atoms. The second kappa shape index (κ2) is 5.73. The molecule has 1 N–H and O–H groups in total. The van der Waals surface area contributed by atoms with Crippen LogP contribution >= 0.6 is 0 Å². The van der Waals surface area contributed by atoms with Crippen molar-refractivity contribution >= 4 is 11.7 Å². The van der Waals surface area contributed by atoms with E-state index < -0.39 is 24.8 Å². The van der Waals surface area contributed by atoms with Gasteiger partial charge in [0.05, 0.1) is 6.42 Å². The van der Waals surface area contributed by atoms with E-state index in [4.69, 9.17) is 0 Å². The molecule has 0 radical (unpaired) electrons. The van der Waals surface area contributed by atoms with Gasteiger partial charge in [0.2, 0.25) is 0 Å². The summed E-state index contributed by atoms with van der Waals surface area (Å²) in [6.07, 6.45) is 4.56. The maximum absolute atomic E-state index is 13.3. The van der Waals surface area contributed by atoms with Gasteiger partial charge in [-0.05, 0) is 29.8 Å². The molecule has 0 saturated heterocycles. The number of hydrogen-bond donors (Lipinski definition) is 1. The van der Waals surface area contributed by atoms with Crippen LogP contribution in [0.1, 0.15) is 16.2 Å². The Morgan fingerprint density at radius 2 is 2.08 bits per heavy atom. The van der Waals surface area contributed by atoms with E-state index in [2.05, 4.69) is 20.4 Å². The van der Waals surface area contributed by atoms with Gasteiger partial charge in [-0.15, -0.1) is 0 Å². The van der Waals surface area contributed by atoms with Crippen LogP contribution < -0.4 is 5.32 Å². The van der Waals surface area contributed by atoms with Crippen molar-refractivity contribution in [3.8, 4) is 11.1 Å². The number of anilines is 1. The highest BCUT2D eigenvalue weighted by Crippen LogP contribution is 2.29. The zero-order chi connectivity index (χ0) is 17.4. The molecule has 4 rings (SSSR count). The van der Waals surface area contributed by atoms with Gasteiger partial charge in [-0.25, -0.2) is 13.8 Å². The normalized spacial score (nSPS) is 15.0. The molecule has 1 aliphatic rings. The molecule has 0 saturated carbocycles. The number of fused-ring (bicyclic) bond motifs is 1. The molecule has 0 unspecified atom stereocenters. The number of amides is 1. The molecule has 4 heterocycles. The van der Waals surface area contributed by atoms with Gasteiger partial charge in [0.1, 0.15) is 12.4 Å². The summed E-state index contributed by atoms with van der Waals surface area (Å²) in [6.45, 7) is -0.496. The van der Waals surface area contributed by atoms with Gasteiger partial charge in [0, 0.05) is 29.8 Å². The molecule has 3 aromatic rings. The lowest BCUT2D eigenvalue weighted by molar-refractivity contribution is 0.000852. The molecule has 8 heteroatoms. The second-order valence-corrected chi connectivity index (χ2v) is 5.84. The summed E-state index contributed by atoms with van der Waals surface area (Å²) < 4.78 is 27.7. The van der Waals surface area contributed by atoms with Gasteiger partial charge in [-0.2, -0.15) is 5.10 Å². The van der Waals surface area contributed by atoms with E-state index >= 15 is 0 Å². The Balaban J connectivity index is 1.52. The standard InChI is InChI=1S/C17H13F2N5O/c18-17(19)8-13-7-14(23-24(13)10-17)16(25)22-15-6-11(3-5-21-15)12-2-1-4-20-9-12/h1-7,9H,8,10H2,(H,21,22,25). The third kappa shape index (κ3) is 3.10. The predicted octanol–water partition coefficient (Wildman–Crippen LogP) is 2.78. The van der Waals surface area contributed by atoms with E-state index in [1.165, 1.54) is 10.7 Å². The summed E-state index contributed by atoms with van der Waals surface area (Å²) in [6, 6.07) is 8.62. The number of alkyl halides is 2. The lowest BCUT2D eigenvalue weighted by Crippen LogP contribution is -2.19. The molecular weight excluding hydrogens is 328 g/mol.